The molecule has 0 aromatic heterocycles. The second-order valence-electron chi connectivity index (χ2n) is 5.34. The van der Waals surface area contributed by atoms with Gasteiger partial charge in [0.1, 0.15) is 0 Å². The van der Waals surface area contributed by atoms with Gasteiger partial charge in [0.05, 0.1) is 0 Å². The molecule has 1 aliphatic carbocycles. The SMILES string of the molecule is Cc1ccc(C)cc1.Cc1ccc(C2CC2)cc1. The molecule has 0 N–H and O–H groups in total. The highest BCUT2D eigenvalue weighted by Crippen LogP contribution is 2.39. The van der Waals surface area contributed by atoms with Crippen molar-refractivity contribution in [2.24, 2.45) is 0 Å². The van der Waals surface area contributed by atoms with Gasteiger partial charge in [-0.3, -0.25) is 0 Å². The van der Waals surface area contributed by atoms with Crippen LogP contribution in [0.3, 0.4) is 0 Å². The summed E-state index contributed by atoms with van der Waals surface area (Å²) in [4.78, 5) is 0. The van der Waals surface area contributed by atoms with Crippen LogP contribution in [-0.2, 0) is 0 Å². The molecule has 0 aliphatic heterocycles. The molecule has 18 heavy (non-hydrogen) atoms. The summed E-state index contributed by atoms with van der Waals surface area (Å²) in [5.74, 6) is 0.903. The number of rotatable bonds is 1. The predicted octanol–water partition coefficient (Wildman–Crippen LogP) is 5.18. The van der Waals surface area contributed by atoms with E-state index in [2.05, 4.69) is 69.3 Å². The molecule has 0 radical (unpaired) electrons. The van der Waals surface area contributed by atoms with Gasteiger partial charge in [-0.05, 0) is 45.1 Å². The molecule has 1 aliphatic rings. The van der Waals surface area contributed by atoms with Gasteiger partial charge >= 0.3 is 0 Å². The van der Waals surface area contributed by atoms with Gasteiger partial charge in [-0.15, -0.1) is 0 Å². The number of hydrogen-bond donors (Lipinski definition) is 0. The summed E-state index contributed by atoms with van der Waals surface area (Å²) in [6, 6.07) is 17.4. The summed E-state index contributed by atoms with van der Waals surface area (Å²) < 4.78 is 0. The molecule has 0 bridgehead atoms. The Balaban J connectivity index is 0.000000138. The third-order valence-corrected chi connectivity index (χ3v) is 3.34. The van der Waals surface area contributed by atoms with Gasteiger partial charge in [-0.25, -0.2) is 0 Å². The lowest BCUT2D eigenvalue weighted by molar-refractivity contribution is 1.13. The lowest BCUT2D eigenvalue weighted by Gasteiger charge is -1.96. The average molecular weight is 238 g/mol. The summed E-state index contributed by atoms with van der Waals surface area (Å²) in [5.41, 5.74) is 5.56. The Labute approximate surface area is 111 Å². The van der Waals surface area contributed by atoms with E-state index in [4.69, 9.17) is 0 Å². The highest BCUT2D eigenvalue weighted by atomic mass is 14.3. The fourth-order valence-corrected chi connectivity index (χ4v) is 1.89. The predicted molar refractivity (Wildman–Crippen MR) is 79.1 cm³/mol. The topological polar surface area (TPSA) is 0 Å². The Morgan fingerprint density at radius 3 is 1.28 bits per heavy atom. The van der Waals surface area contributed by atoms with Crippen molar-refractivity contribution >= 4 is 0 Å². The minimum atomic E-state index is 0.903. The largest absolute Gasteiger partial charge is 0.0591 e. The maximum Gasteiger partial charge on any atom is -0.0162 e. The van der Waals surface area contributed by atoms with Crippen molar-refractivity contribution in [2.45, 2.75) is 39.5 Å². The second kappa shape index (κ2) is 5.86. The molecule has 0 amide bonds. The zero-order valence-corrected chi connectivity index (χ0v) is 11.6. The molecule has 0 saturated heterocycles. The Bertz CT molecular complexity index is 451. The van der Waals surface area contributed by atoms with Crippen LogP contribution in [0.4, 0.5) is 0 Å². The van der Waals surface area contributed by atoms with E-state index in [0.29, 0.717) is 0 Å². The zero-order valence-electron chi connectivity index (χ0n) is 11.6. The third-order valence-electron chi connectivity index (χ3n) is 3.34. The Kier molecular flexibility index (Phi) is 4.19. The molecule has 2 aromatic carbocycles. The molecule has 0 heteroatoms. The van der Waals surface area contributed by atoms with E-state index in [1.165, 1.54) is 35.1 Å². The maximum atomic E-state index is 2.26. The van der Waals surface area contributed by atoms with E-state index >= 15 is 0 Å². The van der Waals surface area contributed by atoms with Crippen LogP contribution in [-0.4, -0.2) is 0 Å². The smallest absolute Gasteiger partial charge is 0.0162 e. The van der Waals surface area contributed by atoms with Crippen molar-refractivity contribution < 1.29 is 0 Å². The second-order valence-corrected chi connectivity index (χ2v) is 5.34. The van der Waals surface area contributed by atoms with Gasteiger partial charge in [0, 0.05) is 0 Å². The van der Waals surface area contributed by atoms with Crippen LogP contribution in [0.25, 0.3) is 0 Å². The fourth-order valence-electron chi connectivity index (χ4n) is 1.89. The van der Waals surface area contributed by atoms with Crippen molar-refractivity contribution in [1.82, 2.24) is 0 Å². The highest BCUT2D eigenvalue weighted by Gasteiger charge is 2.22. The molecular weight excluding hydrogens is 216 g/mol. The average Bonchev–Trinajstić information content (AvgIpc) is 3.19. The number of benzene rings is 2. The van der Waals surface area contributed by atoms with Gasteiger partial charge < -0.3 is 0 Å². The van der Waals surface area contributed by atoms with Gasteiger partial charge in [0.2, 0.25) is 0 Å². The summed E-state index contributed by atoms with van der Waals surface area (Å²) >= 11 is 0. The Hall–Kier alpha value is -1.56. The standard InChI is InChI=1S/C10H12.C8H10/c1-8-2-4-9(5-3-8)10-6-7-10;1-7-3-5-8(2)6-4-7/h2-5,10H,6-7H2,1H3;3-6H,1-2H3. The van der Waals surface area contributed by atoms with Gasteiger partial charge in [0.25, 0.3) is 0 Å². The summed E-state index contributed by atoms with van der Waals surface area (Å²) in [7, 11) is 0. The number of aryl methyl sites for hydroxylation is 3. The first-order valence-corrected chi connectivity index (χ1v) is 6.75. The normalized spacial score (nSPS) is 13.7. The first kappa shape index (κ1) is 12.9. The van der Waals surface area contributed by atoms with Crippen molar-refractivity contribution in [3.05, 3.63) is 70.8 Å². The van der Waals surface area contributed by atoms with E-state index < -0.39 is 0 Å². The number of hydrogen-bond acceptors (Lipinski definition) is 0. The monoisotopic (exact) mass is 238 g/mol. The molecule has 0 nitrogen and oxygen atoms in total. The molecule has 0 unspecified atom stereocenters. The minimum absolute atomic E-state index is 0.903. The molecule has 94 valence electrons. The summed E-state index contributed by atoms with van der Waals surface area (Å²) in [5, 5.41) is 0. The lowest BCUT2D eigenvalue weighted by Crippen LogP contribution is -1.77. The van der Waals surface area contributed by atoms with Crippen LogP contribution in [0.15, 0.2) is 48.5 Å². The zero-order chi connectivity index (χ0) is 13.0. The minimum Gasteiger partial charge on any atom is -0.0591 e. The first-order chi connectivity index (χ1) is 8.65. The van der Waals surface area contributed by atoms with Gasteiger partial charge in [-0.1, -0.05) is 65.2 Å². The van der Waals surface area contributed by atoms with E-state index in [1.807, 2.05) is 0 Å². The molecule has 0 atom stereocenters. The van der Waals surface area contributed by atoms with Crippen LogP contribution in [0, 0.1) is 20.8 Å². The quantitative estimate of drug-likeness (QED) is 0.642. The van der Waals surface area contributed by atoms with Gasteiger partial charge in [0.15, 0.2) is 0 Å². The third kappa shape index (κ3) is 4.03. The molecule has 3 rings (SSSR count). The highest BCUT2D eigenvalue weighted by molar-refractivity contribution is 5.27. The van der Waals surface area contributed by atoms with Crippen LogP contribution in [0.5, 0.6) is 0 Å². The lowest BCUT2D eigenvalue weighted by atomic mass is 10.1. The van der Waals surface area contributed by atoms with E-state index in [1.54, 1.807) is 0 Å². The molecule has 2 aromatic rings. The van der Waals surface area contributed by atoms with E-state index in [9.17, 15) is 0 Å². The summed E-state index contributed by atoms with van der Waals surface area (Å²) in [6.07, 6.45) is 2.81. The van der Waals surface area contributed by atoms with Crippen molar-refractivity contribution in [3.8, 4) is 0 Å². The Morgan fingerprint density at radius 2 is 0.944 bits per heavy atom. The fraction of sp³-hybridized carbons (Fsp3) is 0.333. The van der Waals surface area contributed by atoms with Crippen molar-refractivity contribution in [1.29, 1.82) is 0 Å². The van der Waals surface area contributed by atoms with Crippen molar-refractivity contribution in [2.75, 3.05) is 0 Å². The summed E-state index contributed by atoms with van der Waals surface area (Å²) in [6.45, 7) is 6.33. The Morgan fingerprint density at radius 1 is 0.611 bits per heavy atom. The molecular formula is C18H22. The van der Waals surface area contributed by atoms with Crippen LogP contribution >= 0.6 is 0 Å². The van der Waals surface area contributed by atoms with Crippen molar-refractivity contribution in [3.63, 3.8) is 0 Å². The molecule has 1 saturated carbocycles. The van der Waals surface area contributed by atoms with Crippen LogP contribution in [0.2, 0.25) is 0 Å². The van der Waals surface area contributed by atoms with Crippen LogP contribution < -0.4 is 0 Å². The first-order valence-electron chi connectivity index (χ1n) is 6.75. The molecule has 0 heterocycles. The molecule has 1 fully saturated rings. The molecule has 0 spiro atoms. The van der Waals surface area contributed by atoms with Gasteiger partial charge in [-0.2, -0.15) is 0 Å². The van der Waals surface area contributed by atoms with Crippen LogP contribution in [0.1, 0.15) is 41.0 Å². The van der Waals surface area contributed by atoms with E-state index in [0.717, 1.165) is 5.92 Å². The van der Waals surface area contributed by atoms with E-state index in [-0.39, 0.29) is 0 Å². The maximum absolute atomic E-state index is 2.26.